The van der Waals surface area contributed by atoms with Crippen LogP contribution in [0.3, 0.4) is 0 Å². The van der Waals surface area contributed by atoms with Crippen molar-refractivity contribution in [2.45, 2.75) is 39.7 Å². The Hall–Kier alpha value is -1.07. The molecule has 1 aliphatic heterocycles. The Morgan fingerprint density at radius 3 is 2.95 bits per heavy atom. The van der Waals surface area contributed by atoms with Gasteiger partial charge in [0.05, 0.1) is 5.69 Å². The van der Waals surface area contributed by atoms with E-state index >= 15 is 0 Å². The summed E-state index contributed by atoms with van der Waals surface area (Å²) in [7, 11) is 2.03. The predicted molar refractivity (Wildman–Crippen MR) is 82.0 cm³/mol. The number of aromatic nitrogens is 2. The average Bonchev–Trinajstić information content (AvgIpc) is 2.96. The summed E-state index contributed by atoms with van der Waals surface area (Å²) in [5, 5.41) is 17.2. The van der Waals surface area contributed by atoms with E-state index in [1.165, 1.54) is 17.8 Å². The zero-order chi connectivity index (χ0) is 14.5. The van der Waals surface area contributed by atoms with Crippen molar-refractivity contribution in [2.75, 3.05) is 31.1 Å². The van der Waals surface area contributed by atoms with Crippen molar-refractivity contribution < 1.29 is 5.11 Å². The number of anilines is 1. The minimum atomic E-state index is 0.299. The fourth-order valence-corrected chi connectivity index (χ4v) is 3.13. The van der Waals surface area contributed by atoms with Crippen LogP contribution in [-0.4, -0.2) is 41.1 Å². The summed E-state index contributed by atoms with van der Waals surface area (Å²) in [6.07, 6.45) is 3.24. The van der Waals surface area contributed by atoms with Crippen LogP contribution in [0.5, 0.6) is 0 Å². The molecule has 2 heterocycles. The van der Waals surface area contributed by atoms with E-state index in [-0.39, 0.29) is 0 Å². The number of aliphatic hydroxyl groups is 1. The third-order valence-electron chi connectivity index (χ3n) is 4.16. The van der Waals surface area contributed by atoms with Gasteiger partial charge in [0.25, 0.3) is 0 Å². The first-order valence-electron chi connectivity index (χ1n) is 7.76. The van der Waals surface area contributed by atoms with E-state index in [0.717, 1.165) is 44.7 Å². The van der Waals surface area contributed by atoms with Gasteiger partial charge in [-0.15, -0.1) is 0 Å². The fraction of sp³-hybridized carbons (Fsp3) is 0.800. The molecule has 0 radical (unpaired) electrons. The summed E-state index contributed by atoms with van der Waals surface area (Å²) in [5.74, 6) is 1.87. The maximum atomic E-state index is 9.09. The minimum Gasteiger partial charge on any atom is -0.396 e. The first-order valence-corrected chi connectivity index (χ1v) is 7.76. The van der Waals surface area contributed by atoms with Gasteiger partial charge in [-0.05, 0) is 38.6 Å². The fourth-order valence-electron chi connectivity index (χ4n) is 3.13. The van der Waals surface area contributed by atoms with Crippen molar-refractivity contribution >= 4 is 5.82 Å². The molecule has 5 heteroatoms. The van der Waals surface area contributed by atoms with Crippen LogP contribution in [0.15, 0.2) is 0 Å². The van der Waals surface area contributed by atoms with Gasteiger partial charge in [0.1, 0.15) is 5.82 Å². The van der Waals surface area contributed by atoms with E-state index in [0.29, 0.717) is 12.5 Å². The molecular weight excluding hydrogens is 252 g/mol. The van der Waals surface area contributed by atoms with Crippen LogP contribution in [0.25, 0.3) is 0 Å². The SMILES string of the molecule is CCCNCc1c(C)nn(C)c1N1CCC(CCO)C1. The molecule has 2 N–H and O–H groups in total. The molecule has 0 aromatic carbocycles. The zero-order valence-corrected chi connectivity index (χ0v) is 13.0. The number of aryl methyl sites for hydroxylation is 2. The lowest BCUT2D eigenvalue weighted by atomic mass is 10.1. The van der Waals surface area contributed by atoms with Crippen LogP contribution in [0.4, 0.5) is 5.82 Å². The molecule has 20 heavy (non-hydrogen) atoms. The second kappa shape index (κ2) is 7.09. The van der Waals surface area contributed by atoms with Gasteiger partial charge in [0.15, 0.2) is 0 Å². The van der Waals surface area contributed by atoms with E-state index in [2.05, 4.69) is 29.2 Å². The molecule has 1 fully saturated rings. The Morgan fingerprint density at radius 2 is 2.25 bits per heavy atom. The maximum Gasteiger partial charge on any atom is 0.131 e. The molecule has 0 bridgehead atoms. The molecule has 0 amide bonds. The molecule has 114 valence electrons. The number of nitrogens with one attached hydrogen (secondary N) is 1. The topological polar surface area (TPSA) is 53.3 Å². The predicted octanol–water partition coefficient (Wildman–Crippen LogP) is 1.44. The Balaban J connectivity index is 2.10. The van der Waals surface area contributed by atoms with Crippen molar-refractivity contribution in [3.63, 3.8) is 0 Å². The van der Waals surface area contributed by atoms with Crippen LogP contribution >= 0.6 is 0 Å². The molecule has 1 aliphatic rings. The number of hydrogen-bond acceptors (Lipinski definition) is 4. The monoisotopic (exact) mass is 280 g/mol. The standard InChI is InChI=1S/C15H28N4O/c1-4-7-16-10-14-12(2)17-18(3)15(14)19-8-5-13(11-19)6-9-20/h13,16,20H,4-11H2,1-3H3. The minimum absolute atomic E-state index is 0.299. The lowest BCUT2D eigenvalue weighted by molar-refractivity contribution is 0.263. The van der Waals surface area contributed by atoms with Gasteiger partial charge in [-0.3, -0.25) is 4.68 Å². The van der Waals surface area contributed by atoms with E-state index in [9.17, 15) is 0 Å². The number of rotatable bonds is 7. The lowest BCUT2D eigenvalue weighted by Crippen LogP contribution is -2.25. The summed E-state index contributed by atoms with van der Waals surface area (Å²) in [5.41, 5.74) is 2.45. The molecule has 2 rings (SSSR count). The average molecular weight is 280 g/mol. The third kappa shape index (κ3) is 3.33. The molecule has 1 saturated heterocycles. The second-order valence-corrected chi connectivity index (χ2v) is 5.80. The molecular formula is C15H28N4O. The van der Waals surface area contributed by atoms with Gasteiger partial charge in [0.2, 0.25) is 0 Å². The molecule has 1 aromatic heterocycles. The van der Waals surface area contributed by atoms with E-state index in [4.69, 9.17) is 5.11 Å². The van der Waals surface area contributed by atoms with Gasteiger partial charge in [-0.1, -0.05) is 6.92 Å². The highest BCUT2D eigenvalue weighted by molar-refractivity contribution is 5.51. The molecule has 0 saturated carbocycles. The summed E-state index contributed by atoms with van der Waals surface area (Å²) >= 11 is 0. The Kier molecular flexibility index (Phi) is 5.43. The number of nitrogens with zero attached hydrogens (tertiary/aromatic N) is 3. The summed E-state index contributed by atoms with van der Waals surface area (Å²) in [6, 6.07) is 0. The Labute approximate surface area is 122 Å². The normalized spacial score (nSPS) is 19.0. The second-order valence-electron chi connectivity index (χ2n) is 5.80. The first kappa shape index (κ1) is 15.3. The van der Waals surface area contributed by atoms with Gasteiger partial charge in [-0.2, -0.15) is 5.10 Å². The van der Waals surface area contributed by atoms with Crippen molar-refractivity contribution in [3.05, 3.63) is 11.3 Å². The van der Waals surface area contributed by atoms with Crippen molar-refractivity contribution in [2.24, 2.45) is 13.0 Å². The highest BCUT2D eigenvalue weighted by atomic mass is 16.3. The first-order chi connectivity index (χ1) is 9.67. The van der Waals surface area contributed by atoms with Gasteiger partial charge in [0, 0.05) is 38.9 Å². The van der Waals surface area contributed by atoms with E-state index < -0.39 is 0 Å². The van der Waals surface area contributed by atoms with Crippen LogP contribution in [0.1, 0.15) is 37.4 Å². The maximum absolute atomic E-state index is 9.09. The molecule has 0 aliphatic carbocycles. The summed E-state index contributed by atoms with van der Waals surface area (Å²) < 4.78 is 2.01. The molecule has 1 atom stereocenters. The summed E-state index contributed by atoms with van der Waals surface area (Å²) in [6.45, 7) is 8.63. The van der Waals surface area contributed by atoms with Gasteiger partial charge in [-0.25, -0.2) is 0 Å². The molecule has 1 aromatic rings. The van der Waals surface area contributed by atoms with E-state index in [1.54, 1.807) is 0 Å². The molecule has 1 unspecified atom stereocenters. The molecule has 0 spiro atoms. The van der Waals surface area contributed by atoms with Crippen molar-refractivity contribution in [3.8, 4) is 0 Å². The van der Waals surface area contributed by atoms with Gasteiger partial charge >= 0.3 is 0 Å². The van der Waals surface area contributed by atoms with Crippen LogP contribution < -0.4 is 10.2 Å². The quantitative estimate of drug-likeness (QED) is 0.742. The van der Waals surface area contributed by atoms with Crippen LogP contribution in [0.2, 0.25) is 0 Å². The Morgan fingerprint density at radius 1 is 1.45 bits per heavy atom. The van der Waals surface area contributed by atoms with Gasteiger partial charge < -0.3 is 15.3 Å². The Bertz CT molecular complexity index is 430. The van der Waals surface area contributed by atoms with Crippen molar-refractivity contribution in [1.82, 2.24) is 15.1 Å². The zero-order valence-electron chi connectivity index (χ0n) is 13.0. The van der Waals surface area contributed by atoms with E-state index in [1.807, 2.05) is 11.7 Å². The summed E-state index contributed by atoms with van der Waals surface area (Å²) in [4.78, 5) is 2.43. The van der Waals surface area contributed by atoms with Crippen LogP contribution in [-0.2, 0) is 13.6 Å². The van der Waals surface area contributed by atoms with Crippen LogP contribution in [0, 0.1) is 12.8 Å². The number of hydrogen-bond donors (Lipinski definition) is 2. The molecule has 5 nitrogen and oxygen atoms in total. The van der Waals surface area contributed by atoms with Crippen molar-refractivity contribution in [1.29, 1.82) is 0 Å². The number of aliphatic hydroxyl groups excluding tert-OH is 1. The highest BCUT2D eigenvalue weighted by Gasteiger charge is 2.27. The smallest absolute Gasteiger partial charge is 0.131 e. The largest absolute Gasteiger partial charge is 0.396 e. The third-order valence-corrected chi connectivity index (χ3v) is 4.16. The highest BCUT2D eigenvalue weighted by Crippen LogP contribution is 2.29. The lowest BCUT2D eigenvalue weighted by Gasteiger charge is -2.21.